The molecule has 1 rings (SSSR count). The molecule has 2 N–H and O–H groups in total. The molecule has 3 atom stereocenters. The Hall–Kier alpha value is -2.37. The third-order valence-electron chi connectivity index (χ3n) is 3.94. The quantitative estimate of drug-likeness (QED) is 0.705. The van der Waals surface area contributed by atoms with Gasteiger partial charge in [-0.2, -0.15) is 0 Å². The van der Waals surface area contributed by atoms with Gasteiger partial charge in [-0.05, 0) is 11.5 Å². The number of nitrogens with one attached hydrogen (secondary N) is 2. The van der Waals surface area contributed by atoms with E-state index in [1.54, 1.807) is 0 Å². The third kappa shape index (κ3) is 6.02. The Morgan fingerprint density at radius 3 is 2.25 bits per heavy atom. The van der Waals surface area contributed by atoms with Crippen molar-refractivity contribution in [1.82, 2.24) is 10.6 Å². The van der Waals surface area contributed by atoms with Crippen LogP contribution in [0.25, 0.3) is 0 Å². The van der Waals surface area contributed by atoms with Crippen molar-refractivity contribution in [2.75, 3.05) is 7.11 Å². The van der Waals surface area contributed by atoms with Crippen LogP contribution in [0.5, 0.6) is 0 Å². The van der Waals surface area contributed by atoms with Crippen molar-refractivity contribution in [3.8, 4) is 0 Å². The second-order valence-electron chi connectivity index (χ2n) is 5.84. The zero-order chi connectivity index (χ0) is 18.1. The summed E-state index contributed by atoms with van der Waals surface area (Å²) < 4.78 is 4.77. The highest BCUT2D eigenvalue weighted by Crippen LogP contribution is 2.10. The molecular weight excluding hydrogens is 308 g/mol. The standard InChI is InChI=1S/C18H26N2O4/c1-5-12(2)16(18(23)24-4)20-17(22)15(19-13(3)21)11-14-9-7-6-8-10-14/h6-10,12,15-16H,5,11H2,1-4H3,(H,19,21)(H,20,22)/t12-,15+,16-/m1/s1. The van der Waals surface area contributed by atoms with E-state index in [0.29, 0.717) is 12.8 Å². The lowest BCUT2D eigenvalue weighted by atomic mass is 9.98. The maximum absolute atomic E-state index is 12.6. The molecule has 6 heteroatoms. The van der Waals surface area contributed by atoms with Crippen LogP contribution in [0.4, 0.5) is 0 Å². The molecule has 1 aromatic carbocycles. The molecule has 0 aliphatic heterocycles. The van der Waals surface area contributed by atoms with Gasteiger partial charge in [-0.25, -0.2) is 4.79 Å². The van der Waals surface area contributed by atoms with E-state index in [1.165, 1.54) is 14.0 Å². The number of hydrogen-bond donors (Lipinski definition) is 2. The van der Waals surface area contributed by atoms with Gasteiger partial charge in [0.15, 0.2) is 0 Å². The minimum atomic E-state index is -0.749. The number of rotatable bonds is 8. The van der Waals surface area contributed by atoms with Gasteiger partial charge in [-0.3, -0.25) is 9.59 Å². The highest BCUT2D eigenvalue weighted by atomic mass is 16.5. The van der Waals surface area contributed by atoms with Crippen molar-refractivity contribution < 1.29 is 19.1 Å². The predicted octanol–water partition coefficient (Wildman–Crippen LogP) is 1.44. The van der Waals surface area contributed by atoms with E-state index in [4.69, 9.17) is 4.74 Å². The normalized spacial score (nSPS) is 14.2. The smallest absolute Gasteiger partial charge is 0.328 e. The van der Waals surface area contributed by atoms with Gasteiger partial charge in [0, 0.05) is 13.3 Å². The molecule has 0 heterocycles. The van der Waals surface area contributed by atoms with Gasteiger partial charge in [0.2, 0.25) is 11.8 Å². The zero-order valence-electron chi connectivity index (χ0n) is 14.7. The fourth-order valence-electron chi connectivity index (χ4n) is 2.35. The summed E-state index contributed by atoms with van der Waals surface area (Å²) in [6.07, 6.45) is 1.06. The minimum Gasteiger partial charge on any atom is -0.467 e. The molecule has 0 bridgehead atoms. The van der Waals surface area contributed by atoms with Crippen LogP contribution in [0.3, 0.4) is 0 Å². The van der Waals surface area contributed by atoms with Gasteiger partial charge in [-0.1, -0.05) is 50.6 Å². The molecule has 2 amide bonds. The molecule has 0 saturated heterocycles. The van der Waals surface area contributed by atoms with Crippen LogP contribution in [0.1, 0.15) is 32.8 Å². The Morgan fingerprint density at radius 1 is 1.12 bits per heavy atom. The summed E-state index contributed by atoms with van der Waals surface area (Å²) in [6, 6.07) is 7.90. The summed E-state index contributed by atoms with van der Waals surface area (Å²) in [4.78, 5) is 36.0. The van der Waals surface area contributed by atoms with Crippen LogP contribution in [-0.4, -0.2) is 37.0 Å². The van der Waals surface area contributed by atoms with Gasteiger partial charge >= 0.3 is 5.97 Å². The molecule has 6 nitrogen and oxygen atoms in total. The molecule has 24 heavy (non-hydrogen) atoms. The van der Waals surface area contributed by atoms with Gasteiger partial charge in [0.05, 0.1) is 7.11 Å². The number of ether oxygens (including phenoxy) is 1. The fourth-order valence-corrected chi connectivity index (χ4v) is 2.35. The van der Waals surface area contributed by atoms with E-state index in [1.807, 2.05) is 44.2 Å². The monoisotopic (exact) mass is 334 g/mol. The minimum absolute atomic E-state index is 0.0731. The SMILES string of the molecule is CC[C@@H](C)[C@@H](NC(=O)[C@H](Cc1ccccc1)NC(C)=O)C(=O)OC. The van der Waals surface area contributed by atoms with E-state index in [-0.39, 0.29) is 11.8 Å². The van der Waals surface area contributed by atoms with Crippen LogP contribution in [-0.2, 0) is 25.5 Å². The Labute approximate surface area is 143 Å². The maximum Gasteiger partial charge on any atom is 0.328 e. The summed E-state index contributed by atoms with van der Waals surface area (Å²) in [5.41, 5.74) is 0.921. The van der Waals surface area contributed by atoms with Crippen molar-refractivity contribution >= 4 is 17.8 Å². The second kappa shape index (κ2) is 9.70. The summed E-state index contributed by atoms with van der Waals surface area (Å²) in [7, 11) is 1.29. The first-order valence-electron chi connectivity index (χ1n) is 8.08. The molecule has 1 aromatic rings. The van der Waals surface area contributed by atoms with Crippen LogP contribution in [0.2, 0.25) is 0 Å². The molecule has 0 aliphatic carbocycles. The van der Waals surface area contributed by atoms with Crippen LogP contribution in [0, 0.1) is 5.92 Å². The highest BCUT2D eigenvalue weighted by Gasteiger charge is 2.30. The second-order valence-corrected chi connectivity index (χ2v) is 5.84. The third-order valence-corrected chi connectivity index (χ3v) is 3.94. The van der Waals surface area contributed by atoms with Crippen LogP contribution >= 0.6 is 0 Å². The molecular formula is C18H26N2O4. The number of amides is 2. The first-order chi connectivity index (χ1) is 11.4. The molecule has 0 saturated carbocycles. The van der Waals surface area contributed by atoms with Crippen LogP contribution < -0.4 is 10.6 Å². The molecule has 0 aliphatic rings. The first-order valence-corrected chi connectivity index (χ1v) is 8.08. The zero-order valence-corrected chi connectivity index (χ0v) is 14.7. The van der Waals surface area contributed by atoms with Crippen molar-refractivity contribution in [3.63, 3.8) is 0 Å². The summed E-state index contributed by atoms with van der Waals surface area (Å²) in [6.45, 7) is 5.16. The van der Waals surface area contributed by atoms with E-state index in [2.05, 4.69) is 10.6 Å². The van der Waals surface area contributed by atoms with Crippen LogP contribution in [0.15, 0.2) is 30.3 Å². The Bertz CT molecular complexity index is 559. The van der Waals surface area contributed by atoms with E-state index < -0.39 is 24.0 Å². The number of carbonyl (C=O) groups excluding carboxylic acids is 3. The van der Waals surface area contributed by atoms with Crippen molar-refractivity contribution in [3.05, 3.63) is 35.9 Å². The summed E-state index contributed by atoms with van der Waals surface area (Å²) >= 11 is 0. The molecule has 0 aromatic heterocycles. The maximum atomic E-state index is 12.6. The molecule has 0 radical (unpaired) electrons. The summed E-state index contributed by atoms with van der Waals surface area (Å²) in [5, 5.41) is 5.36. The Balaban J connectivity index is 2.89. The largest absolute Gasteiger partial charge is 0.467 e. The lowest BCUT2D eigenvalue weighted by molar-refractivity contribution is -0.146. The first kappa shape index (κ1) is 19.7. The van der Waals surface area contributed by atoms with Crippen molar-refractivity contribution in [2.24, 2.45) is 5.92 Å². The topological polar surface area (TPSA) is 84.5 Å². The number of hydrogen-bond acceptors (Lipinski definition) is 4. The average Bonchev–Trinajstić information content (AvgIpc) is 2.58. The van der Waals surface area contributed by atoms with E-state index >= 15 is 0 Å². The van der Waals surface area contributed by atoms with E-state index in [0.717, 1.165) is 5.56 Å². The summed E-state index contributed by atoms with van der Waals surface area (Å²) in [5.74, 6) is -1.26. The lowest BCUT2D eigenvalue weighted by Gasteiger charge is -2.25. The van der Waals surface area contributed by atoms with Gasteiger partial charge < -0.3 is 15.4 Å². The lowest BCUT2D eigenvalue weighted by Crippen LogP contribution is -2.54. The highest BCUT2D eigenvalue weighted by molar-refractivity contribution is 5.90. The van der Waals surface area contributed by atoms with Crippen molar-refractivity contribution in [1.29, 1.82) is 0 Å². The van der Waals surface area contributed by atoms with Gasteiger partial charge in [0.1, 0.15) is 12.1 Å². The molecule has 132 valence electrons. The number of methoxy groups -OCH3 is 1. The molecule has 0 fully saturated rings. The van der Waals surface area contributed by atoms with Gasteiger partial charge in [-0.15, -0.1) is 0 Å². The number of esters is 1. The number of carbonyl (C=O) groups is 3. The Morgan fingerprint density at radius 2 is 1.75 bits per heavy atom. The van der Waals surface area contributed by atoms with Gasteiger partial charge in [0.25, 0.3) is 0 Å². The van der Waals surface area contributed by atoms with E-state index in [9.17, 15) is 14.4 Å². The van der Waals surface area contributed by atoms with Crippen molar-refractivity contribution in [2.45, 2.75) is 45.7 Å². The molecule has 0 spiro atoms. The Kier molecular flexibility index (Phi) is 7.95. The molecule has 0 unspecified atom stereocenters. The predicted molar refractivity (Wildman–Crippen MR) is 91.2 cm³/mol. The average molecular weight is 334 g/mol. The fraction of sp³-hybridized carbons (Fsp3) is 0.500. The number of benzene rings is 1.